The predicted molar refractivity (Wildman–Crippen MR) is 104 cm³/mol. The van der Waals surface area contributed by atoms with Crippen molar-refractivity contribution in [2.45, 2.75) is 6.92 Å². The molecular weight excluding hydrogens is 380 g/mol. The number of ether oxygens (including phenoxy) is 1. The number of rotatable bonds is 6. The molecule has 0 bridgehead atoms. The first kappa shape index (κ1) is 19.9. The molecule has 6 nitrogen and oxygen atoms in total. The Morgan fingerprint density at radius 2 is 1.66 bits per heavy atom. The molecule has 0 aliphatic carbocycles. The van der Waals surface area contributed by atoms with E-state index in [1.54, 1.807) is 31.2 Å². The molecule has 0 unspecified atom stereocenters. The minimum Gasteiger partial charge on any atom is -0.462 e. The summed E-state index contributed by atoms with van der Waals surface area (Å²) < 4.78 is 31.3. The van der Waals surface area contributed by atoms with Crippen LogP contribution in [-0.2, 0) is 4.74 Å². The number of hydrogen-bond donors (Lipinski definition) is 2. The van der Waals surface area contributed by atoms with Gasteiger partial charge in [0, 0.05) is 29.2 Å². The van der Waals surface area contributed by atoms with Gasteiger partial charge in [0.2, 0.25) is 0 Å². The fourth-order valence-corrected chi connectivity index (χ4v) is 2.47. The second-order valence-corrected chi connectivity index (χ2v) is 5.94. The van der Waals surface area contributed by atoms with E-state index in [1.165, 1.54) is 24.4 Å². The number of carbonyl (C=O) groups excluding carboxylic acids is 2. The number of amides is 1. The van der Waals surface area contributed by atoms with Crippen molar-refractivity contribution < 1.29 is 23.1 Å². The molecule has 1 aromatic heterocycles. The van der Waals surface area contributed by atoms with E-state index in [-0.39, 0.29) is 6.61 Å². The first-order chi connectivity index (χ1) is 14.0. The van der Waals surface area contributed by atoms with Crippen molar-refractivity contribution in [3.8, 4) is 0 Å². The quantitative estimate of drug-likeness (QED) is 0.598. The first-order valence-corrected chi connectivity index (χ1v) is 8.73. The van der Waals surface area contributed by atoms with E-state index in [4.69, 9.17) is 4.74 Å². The summed E-state index contributed by atoms with van der Waals surface area (Å²) in [5.74, 6) is -2.49. The van der Waals surface area contributed by atoms with E-state index >= 15 is 0 Å². The topological polar surface area (TPSA) is 80.3 Å². The standard InChI is InChI=1S/C21H17F2N3O3/c1-2-29-21(28)13-3-5-15(6-4-13)26-20(27)14-9-10-24-19(11-14)25-16-7-8-17(22)18(23)12-16/h3-12H,2H2,1H3,(H,24,25)(H,26,27). The van der Waals surface area contributed by atoms with Crippen LogP contribution in [0.5, 0.6) is 0 Å². The normalized spacial score (nSPS) is 10.3. The zero-order valence-corrected chi connectivity index (χ0v) is 15.4. The second kappa shape index (κ2) is 8.92. The van der Waals surface area contributed by atoms with Crippen molar-refractivity contribution in [1.82, 2.24) is 4.98 Å². The van der Waals surface area contributed by atoms with Crippen LogP contribution in [0.2, 0.25) is 0 Å². The van der Waals surface area contributed by atoms with E-state index in [0.717, 1.165) is 12.1 Å². The molecule has 3 aromatic rings. The van der Waals surface area contributed by atoms with E-state index in [9.17, 15) is 18.4 Å². The maximum Gasteiger partial charge on any atom is 0.338 e. The third-order valence-corrected chi connectivity index (χ3v) is 3.87. The van der Waals surface area contributed by atoms with Gasteiger partial charge in [0.1, 0.15) is 5.82 Å². The second-order valence-electron chi connectivity index (χ2n) is 5.94. The van der Waals surface area contributed by atoms with Crippen LogP contribution in [0.1, 0.15) is 27.6 Å². The Hall–Kier alpha value is -3.81. The van der Waals surface area contributed by atoms with Crippen molar-refractivity contribution in [2.75, 3.05) is 17.2 Å². The van der Waals surface area contributed by atoms with Gasteiger partial charge in [0.25, 0.3) is 5.91 Å². The molecule has 2 N–H and O–H groups in total. The molecule has 0 aliphatic rings. The Morgan fingerprint density at radius 3 is 2.34 bits per heavy atom. The third-order valence-electron chi connectivity index (χ3n) is 3.87. The Kier molecular flexibility index (Phi) is 6.13. The zero-order chi connectivity index (χ0) is 20.8. The van der Waals surface area contributed by atoms with Gasteiger partial charge in [-0.3, -0.25) is 4.79 Å². The van der Waals surface area contributed by atoms with Gasteiger partial charge in [-0.2, -0.15) is 0 Å². The van der Waals surface area contributed by atoms with Crippen LogP contribution in [0.4, 0.5) is 26.0 Å². The molecule has 1 amide bonds. The number of nitrogens with one attached hydrogen (secondary N) is 2. The average Bonchev–Trinajstić information content (AvgIpc) is 2.72. The summed E-state index contributed by atoms with van der Waals surface area (Å²) in [6.45, 7) is 2.00. The van der Waals surface area contributed by atoms with Gasteiger partial charge in [-0.15, -0.1) is 0 Å². The van der Waals surface area contributed by atoms with Crippen molar-refractivity contribution >= 4 is 29.1 Å². The van der Waals surface area contributed by atoms with Crippen molar-refractivity contribution in [2.24, 2.45) is 0 Å². The van der Waals surface area contributed by atoms with E-state index in [0.29, 0.717) is 28.3 Å². The predicted octanol–water partition coefficient (Wildman–Crippen LogP) is 4.53. The zero-order valence-electron chi connectivity index (χ0n) is 15.4. The monoisotopic (exact) mass is 397 g/mol. The van der Waals surface area contributed by atoms with Gasteiger partial charge in [-0.25, -0.2) is 18.6 Å². The highest BCUT2D eigenvalue weighted by atomic mass is 19.2. The Labute approximate surface area is 165 Å². The SMILES string of the molecule is CCOC(=O)c1ccc(NC(=O)c2ccnc(Nc3ccc(F)c(F)c3)c2)cc1. The van der Waals surface area contributed by atoms with Crippen LogP contribution in [0, 0.1) is 11.6 Å². The van der Waals surface area contributed by atoms with Crippen LogP contribution in [0.3, 0.4) is 0 Å². The molecule has 0 saturated carbocycles. The van der Waals surface area contributed by atoms with E-state index in [1.807, 2.05) is 0 Å². The summed E-state index contributed by atoms with van der Waals surface area (Å²) in [4.78, 5) is 28.2. The number of hydrogen-bond acceptors (Lipinski definition) is 5. The van der Waals surface area contributed by atoms with Crippen LogP contribution < -0.4 is 10.6 Å². The van der Waals surface area contributed by atoms with Crippen molar-refractivity contribution in [3.05, 3.63) is 83.6 Å². The number of nitrogens with zero attached hydrogens (tertiary/aromatic N) is 1. The number of aromatic nitrogens is 1. The summed E-state index contributed by atoms with van der Waals surface area (Å²) in [5, 5.41) is 5.52. The van der Waals surface area contributed by atoms with Gasteiger partial charge >= 0.3 is 5.97 Å². The van der Waals surface area contributed by atoms with Crippen molar-refractivity contribution in [1.29, 1.82) is 0 Å². The number of carbonyl (C=O) groups is 2. The van der Waals surface area contributed by atoms with Gasteiger partial charge in [-0.05, 0) is 55.5 Å². The maximum absolute atomic E-state index is 13.3. The number of esters is 1. The lowest BCUT2D eigenvalue weighted by atomic mass is 10.2. The molecule has 0 fully saturated rings. The van der Waals surface area contributed by atoms with Crippen LogP contribution in [-0.4, -0.2) is 23.5 Å². The maximum atomic E-state index is 13.3. The lowest BCUT2D eigenvalue weighted by molar-refractivity contribution is 0.0526. The van der Waals surface area contributed by atoms with Gasteiger partial charge in [0.15, 0.2) is 11.6 Å². The highest BCUT2D eigenvalue weighted by molar-refractivity contribution is 6.04. The van der Waals surface area contributed by atoms with Gasteiger partial charge < -0.3 is 15.4 Å². The van der Waals surface area contributed by atoms with Gasteiger partial charge in [0.05, 0.1) is 12.2 Å². The Bertz CT molecular complexity index is 1040. The molecule has 0 atom stereocenters. The Morgan fingerprint density at radius 1 is 0.931 bits per heavy atom. The Balaban J connectivity index is 1.69. The average molecular weight is 397 g/mol. The lowest BCUT2D eigenvalue weighted by Gasteiger charge is -2.09. The lowest BCUT2D eigenvalue weighted by Crippen LogP contribution is -2.13. The molecule has 2 aromatic carbocycles. The molecule has 3 rings (SSSR count). The summed E-state index contributed by atoms with van der Waals surface area (Å²) in [5.41, 5.74) is 1.48. The number of benzene rings is 2. The molecule has 148 valence electrons. The third kappa shape index (κ3) is 5.13. The molecule has 1 heterocycles. The van der Waals surface area contributed by atoms with Crippen LogP contribution >= 0.6 is 0 Å². The number of halogens is 2. The molecule has 0 radical (unpaired) electrons. The molecular formula is C21H17F2N3O3. The molecule has 0 saturated heterocycles. The summed E-state index contributed by atoms with van der Waals surface area (Å²) in [6, 6.07) is 12.6. The largest absolute Gasteiger partial charge is 0.462 e. The fraction of sp³-hybridized carbons (Fsp3) is 0.0952. The van der Waals surface area contributed by atoms with Crippen molar-refractivity contribution in [3.63, 3.8) is 0 Å². The highest BCUT2D eigenvalue weighted by Gasteiger charge is 2.10. The summed E-state index contributed by atoms with van der Waals surface area (Å²) in [6.07, 6.45) is 1.42. The van der Waals surface area contributed by atoms with Gasteiger partial charge in [-0.1, -0.05) is 0 Å². The van der Waals surface area contributed by atoms with E-state index < -0.39 is 23.5 Å². The van der Waals surface area contributed by atoms with Crippen LogP contribution in [0.15, 0.2) is 60.8 Å². The highest BCUT2D eigenvalue weighted by Crippen LogP contribution is 2.19. The minimum atomic E-state index is -0.991. The summed E-state index contributed by atoms with van der Waals surface area (Å²) >= 11 is 0. The molecule has 29 heavy (non-hydrogen) atoms. The molecule has 0 aliphatic heterocycles. The minimum absolute atomic E-state index is 0.278. The molecule has 8 heteroatoms. The molecule has 0 spiro atoms. The number of pyridine rings is 1. The fourth-order valence-electron chi connectivity index (χ4n) is 2.47. The summed E-state index contributed by atoms with van der Waals surface area (Å²) in [7, 11) is 0. The smallest absolute Gasteiger partial charge is 0.338 e. The number of anilines is 3. The van der Waals surface area contributed by atoms with E-state index in [2.05, 4.69) is 15.6 Å². The first-order valence-electron chi connectivity index (χ1n) is 8.73. The van der Waals surface area contributed by atoms with Crippen LogP contribution in [0.25, 0.3) is 0 Å².